The highest BCUT2D eigenvalue weighted by Crippen LogP contribution is 2.27. The number of fused-ring (bicyclic) bond motifs is 1. The fraction of sp³-hybridized carbons (Fsp3) is 0.174. The van der Waals surface area contributed by atoms with E-state index >= 15 is 0 Å². The molecule has 2 aromatic heterocycles. The number of aromatic nitrogens is 3. The van der Waals surface area contributed by atoms with Crippen molar-refractivity contribution in [3.05, 3.63) is 77.6 Å². The summed E-state index contributed by atoms with van der Waals surface area (Å²) in [5, 5.41) is 5.17. The first-order chi connectivity index (χ1) is 13.6. The average Bonchev–Trinajstić information content (AvgIpc) is 3.05. The molecule has 0 bridgehead atoms. The van der Waals surface area contributed by atoms with Crippen molar-refractivity contribution in [3.8, 4) is 17.0 Å². The zero-order chi connectivity index (χ0) is 19.7. The summed E-state index contributed by atoms with van der Waals surface area (Å²) in [5.74, 6) is 0.655. The molecule has 0 unspecified atom stereocenters. The van der Waals surface area contributed by atoms with Gasteiger partial charge in [0.05, 0.1) is 29.1 Å². The summed E-state index contributed by atoms with van der Waals surface area (Å²) in [6.07, 6.45) is 0. The van der Waals surface area contributed by atoms with Crippen molar-refractivity contribution in [2.24, 2.45) is 0 Å². The van der Waals surface area contributed by atoms with Gasteiger partial charge in [-0.1, -0.05) is 18.2 Å². The largest absolute Gasteiger partial charge is 0.494 e. The molecule has 140 valence electrons. The Balaban J connectivity index is 1.86. The van der Waals surface area contributed by atoms with E-state index in [1.54, 1.807) is 0 Å². The predicted octanol–water partition coefficient (Wildman–Crippen LogP) is 4.80. The van der Waals surface area contributed by atoms with Gasteiger partial charge in [-0.25, -0.2) is 9.67 Å². The average molecular weight is 371 g/mol. The lowest BCUT2D eigenvalue weighted by molar-refractivity contribution is 0.0944. The molecule has 0 atom stereocenters. The van der Waals surface area contributed by atoms with Crippen molar-refractivity contribution < 1.29 is 9.53 Å². The summed E-state index contributed by atoms with van der Waals surface area (Å²) in [6, 6.07) is 19.2. The molecule has 0 aliphatic heterocycles. The maximum absolute atomic E-state index is 13.3. The number of benzene rings is 2. The second-order valence-electron chi connectivity index (χ2n) is 6.67. The van der Waals surface area contributed by atoms with Gasteiger partial charge in [0, 0.05) is 16.6 Å². The normalized spacial score (nSPS) is 11.0. The molecule has 2 aromatic carbocycles. The Kier molecular flexibility index (Phi) is 4.65. The van der Waals surface area contributed by atoms with Gasteiger partial charge in [0.15, 0.2) is 0 Å². The Morgan fingerprint density at radius 2 is 1.79 bits per heavy atom. The molecule has 0 saturated carbocycles. The quantitative estimate of drug-likeness (QED) is 0.517. The van der Waals surface area contributed by atoms with Gasteiger partial charge in [-0.05, 0) is 63.2 Å². The summed E-state index contributed by atoms with van der Waals surface area (Å²) in [6.45, 7) is 6.34. The van der Waals surface area contributed by atoms with Crippen molar-refractivity contribution in [2.75, 3.05) is 6.61 Å². The van der Waals surface area contributed by atoms with Crippen LogP contribution in [0.1, 0.15) is 28.7 Å². The lowest BCUT2D eigenvalue weighted by Crippen LogP contribution is -2.16. The van der Waals surface area contributed by atoms with Crippen molar-refractivity contribution in [1.82, 2.24) is 14.8 Å². The lowest BCUT2D eigenvalue weighted by Gasteiger charge is -2.11. The van der Waals surface area contributed by atoms with E-state index in [0.29, 0.717) is 12.2 Å². The van der Waals surface area contributed by atoms with Crippen LogP contribution in [0, 0.1) is 13.8 Å². The molecule has 0 aliphatic carbocycles. The number of pyridine rings is 1. The first-order valence-electron chi connectivity index (χ1n) is 9.28. The topological polar surface area (TPSA) is 57.0 Å². The minimum Gasteiger partial charge on any atom is -0.494 e. The zero-order valence-electron chi connectivity index (χ0n) is 16.1. The Hall–Kier alpha value is -3.47. The van der Waals surface area contributed by atoms with E-state index in [1.165, 1.54) is 4.68 Å². The molecule has 5 nitrogen and oxygen atoms in total. The molecule has 0 aliphatic rings. The van der Waals surface area contributed by atoms with E-state index in [-0.39, 0.29) is 5.91 Å². The molecule has 0 radical (unpaired) electrons. The van der Waals surface area contributed by atoms with Gasteiger partial charge >= 0.3 is 0 Å². The highest BCUT2D eigenvalue weighted by atomic mass is 16.5. The van der Waals surface area contributed by atoms with E-state index < -0.39 is 0 Å². The lowest BCUT2D eigenvalue weighted by atomic mass is 10.0. The van der Waals surface area contributed by atoms with Crippen LogP contribution in [0.2, 0.25) is 0 Å². The maximum atomic E-state index is 13.3. The van der Waals surface area contributed by atoms with E-state index in [4.69, 9.17) is 9.72 Å². The fourth-order valence-electron chi connectivity index (χ4n) is 3.34. The van der Waals surface area contributed by atoms with E-state index in [1.807, 2.05) is 81.4 Å². The maximum Gasteiger partial charge on any atom is 0.279 e. The van der Waals surface area contributed by atoms with E-state index in [0.717, 1.165) is 39.3 Å². The number of carbonyl (C=O) groups is 1. The summed E-state index contributed by atoms with van der Waals surface area (Å²) < 4.78 is 6.97. The zero-order valence-corrected chi connectivity index (χ0v) is 16.1. The van der Waals surface area contributed by atoms with Crippen molar-refractivity contribution in [1.29, 1.82) is 0 Å². The highest BCUT2D eigenvalue weighted by molar-refractivity contribution is 6.08. The van der Waals surface area contributed by atoms with Crippen LogP contribution in [0.3, 0.4) is 0 Å². The second-order valence-corrected chi connectivity index (χ2v) is 6.67. The fourth-order valence-corrected chi connectivity index (χ4v) is 3.34. The Morgan fingerprint density at radius 1 is 1.04 bits per heavy atom. The molecule has 0 fully saturated rings. The van der Waals surface area contributed by atoms with Crippen LogP contribution >= 0.6 is 0 Å². The van der Waals surface area contributed by atoms with Crippen LogP contribution in [-0.4, -0.2) is 27.3 Å². The van der Waals surface area contributed by atoms with Crippen LogP contribution in [-0.2, 0) is 0 Å². The van der Waals surface area contributed by atoms with Gasteiger partial charge in [0.1, 0.15) is 5.75 Å². The third kappa shape index (κ3) is 3.27. The number of rotatable bonds is 4. The minimum absolute atomic E-state index is 0.156. The molecule has 0 spiro atoms. The third-order valence-electron chi connectivity index (χ3n) is 4.61. The van der Waals surface area contributed by atoms with Crippen LogP contribution in [0.4, 0.5) is 0 Å². The second kappa shape index (κ2) is 7.27. The summed E-state index contributed by atoms with van der Waals surface area (Å²) in [5.41, 5.74) is 4.66. The number of carbonyl (C=O) groups excluding carboxylic acids is 1. The number of nitrogens with zero attached hydrogens (tertiary/aromatic N) is 3. The molecule has 0 N–H and O–H groups in total. The van der Waals surface area contributed by atoms with Crippen LogP contribution in [0.5, 0.6) is 5.75 Å². The first kappa shape index (κ1) is 17.9. The molecule has 0 saturated heterocycles. The molecule has 5 heteroatoms. The van der Waals surface area contributed by atoms with Crippen molar-refractivity contribution >= 4 is 16.8 Å². The summed E-state index contributed by atoms with van der Waals surface area (Å²) in [7, 11) is 0. The Bertz CT molecular complexity index is 1160. The molecule has 0 amide bonds. The summed E-state index contributed by atoms with van der Waals surface area (Å²) >= 11 is 0. The first-order valence-corrected chi connectivity index (χ1v) is 9.28. The van der Waals surface area contributed by atoms with Gasteiger partial charge in [-0.2, -0.15) is 5.10 Å². The SMILES string of the molecule is CCOc1ccc(-c2cc(C(=O)n3nc(C)cc3C)c3ccccc3n2)cc1. The van der Waals surface area contributed by atoms with Gasteiger partial charge in [-0.15, -0.1) is 0 Å². The van der Waals surface area contributed by atoms with Gasteiger partial charge in [0.25, 0.3) is 5.91 Å². The van der Waals surface area contributed by atoms with E-state index in [9.17, 15) is 4.79 Å². The number of para-hydroxylation sites is 1. The van der Waals surface area contributed by atoms with Crippen LogP contribution in [0.15, 0.2) is 60.7 Å². The van der Waals surface area contributed by atoms with Crippen LogP contribution in [0.25, 0.3) is 22.2 Å². The molecule has 4 aromatic rings. The number of ether oxygens (including phenoxy) is 1. The highest BCUT2D eigenvalue weighted by Gasteiger charge is 2.18. The number of aryl methyl sites for hydroxylation is 2. The molecular weight excluding hydrogens is 350 g/mol. The van der Waals surface area contributed by atoms with Crippen molar-refractivity contribution in [3.63, 3.8) is 0 Å². The Labute approximate surface area is 163 Å². The van der Waals surface area contributed by atoms with E-state index in [2.05, 4.69) is 5.10 Å². The molecule has 28 heavy (non-hydrogen) atoms. The molecule has 4 rings (SSSR count). The monoisotopic (exact) mass is 371 g/mol. The number of hydrogen-bond donors (Lipinski definition) is 0. The smallest absolute Gasteiger partial charge is 0.279 e. The standard InChI is InChI=1S/C23H21N3O2/c1-4-28-18-11-9-17(10-12-18)22-14-20(19-7-5-6-8-21(19)24-22)23(27)26-16(3)13-15(2)25-26/h5-14H,4H2,1-3H3. The number of hydrogen-bond acceptors (Lipinski definition) is 4. The Morgan fingerprint density at radius 3 is 2.46 bits per heavy atom. The molecule has 2 heterocycles. The van der Waals surface area contributed by atoms with Crippen LogP contribution < -0.4 is 4.74 Å². The molecular formula is C23H21N3O2. The van der Waals surface area contributed by atoms with Gasteiger partial charge < -0.3 is 4.74 Å². The minimum atomic E-state index is -0.156. The summed E-state index contributed by atoms with van der Waals surface area (Å²) in [4.78, 5) is 18.0. The van der Waals surface area contributed by atoms with Gasteiger partial charge in [0.2, 0.25) is 0 Å². The predicted molar refractivity (Wildman–Crippen MR) is 110 cm³/mol. The van der Waals surface area contributed by atoms with Gasteiger partial charge in [-0.3, -0.25) is 4.79 Å². The van der Waals surface area contributed by atoms with Crippen molar-refractivity contribution in [2.45, 2.75) is 20.8 Å². The third-order valence-corrected chi connectivity index (χ3v) is 4.61.